The Balaban J connectivity index is 2.90. The van der Waals surface area contributed by atoms with Gasteiger partial charge in [-0.05, 0) is 39.3 Å². The van der Waals surface area contributed by atoms with Crippen LogP contribution in [-0.4, -0.2) is 15.6 Å². The lowest BCUT2D eigenvalue weighted by Crippen LogP contribution is -2.21. The highest BCUT2D eigenvalue weighted by molar-refractivity contribution is 5.93. The Hall–Kier alpha value is -1.81. The summed E-state index contributed by atoms with van der Waals surface area (Å²) < 4.78 is 2.15. The molecule has 1 aromatic heterocycles. The summed E-state index contributed by atoms with van der Waals surface area (Å²) in [4.78, 5) is 11.3. The number of carboxylic acids is 1. The smallest absolute Gasteiger partial charge is 0.325 e. The van der Waals surface area contributed by atoms with Gasteiger partial charge in [-0.15, -0.1) is 0 Å². The third-order valence-electron chi connectivity index (χ3n) is 3.62. The predicted molar refractivity (Wildman–Crippen MR) is 76.4 cm³/mol. The molecular formula is C15H20N2O2. The second-order valence-corrected chi connectivity index (χ2v) is 5.25. The van der Waals surface area contributed by atoms with Crippen LogP contribution >= 0.6 is 0 Å². The topological polar surface area (TPSA) is 68.2 Å². The number of aryl methyl sites for hydroxylation is 1. The molecule has 1 aromatic carbocycles. The van der Waals surface area contributed by atoms with Crippen molar-refractivity contribution in [2.24, 2.45) is 5.73 Å². The molecule has 0 aliphatic rings. The first-order valence-corrected chi connectivity index (χ1v) is 6.44. The molecule has 2 aromatic rings. The zero-order chi connectivity index (χ0) is 14.3. The van der Waals surface area contributed by atoms with Crippen molar-refractivity contribution in [2.75, 3.05) is 0 Å². The number of aromatic nitrogens is 1. The number of carbonyl (C=O) groups is 1. The number of nitrogens with two attached hydrogens (primary N) is 1. The lowest BCUT2D eigenvalue weighted by molar-refractivity contribution is -0.138. The third-order valence-corrected chi connectivity index (χ3v) is 3.62. The van der Waals surface area contributed by atoms with E-state index >= 15 is 0 Å². The van der Waals surface area contributed by atoms with Gasteiger partial charge in [-0.2, -0.15) is 0 Å². The van der Waals surface area contributed by atoms with E-state index in [0.717, 1.165) is 27.7 Å². The Kier molecular flexibility index (Phi) is 3.37. The molecule has 0 saturated carbocycles. The maximum Gasteiger partial charge on any atom is 0.325 e. The normalized spacial score (nSPS) is 13.2. The van der Waals surface area contributed by atoms with Crippen LogP contribution in [0.25, 0.3) is 10.9 Å². The predicted octanol–water partition coefficient (Wildman–Crippen LogP) is 2.92. The number of rotatable bonds is 3. The lowest BCUT2D eigenvalue weighted by atomic mass is 10.0. The molecule has 4 nitrogen and oxygen atoms in total. The van der Waals surface area contributed by atoms with E-state index < -0.39 is 12.0 Å². The summed E-state index contributed by atoms with van der Waals surface area (Å²) in [6.07, 6.45) is 0. The molecule has 0 saturated heterocycles. The molecule has 0 fully saturated rings. The third kappa shape index (κ3) is 2.02. The highest BCUT2D eigenvalue weighted by atomic mass is 16.4. The molecule has 0 aliphatic heterocycles. The number of benzene rings is 1. The van der Waals surface area contributed by atoms with Crippen LogP contribution < -0.4 is 5.73 Å². The van der Waals surface area contributed by atoms with Crippen molar-refractivity contribution < 1.29 is 9.90 Å². The van der Waals surface area contributed by atoms with Gasteiger partial charge in [-0.25, -0.2) is 0 Å². The number of aliphatic carboxylic acids is 1. The van der Waals surface area contributed by atoms with Crippen LogP contribution in [0.1, 0.15) is 42.8 Å². The van der Waals surface area contributed by atoms with Crippen LogP contribution in [0.5, 0.6) is 0 Å². The first-order chi connectivity index (χ1) is 8.86. The van der Waals surface area contributed by atoms with E-state index in [9.17, 15) is 9.90 Å². The van der Waals surface area contributed by atoms with E-state index in [2.05, 4.69) is 18.4 Å². The number of hydrogen-bond acceptors (Lipinski definition) is 2. The summed E-state index contributed by atoms with van der Waals surface area (Å²) in [6.45, 7) is 8.11. The standard InChI is InChI=1S/C15H20N2O2/c1-8(2)17-10(4)13(14(16)15(18)19)12-9(3)6-5-7-11(12)17/h5-8,14H,16H2,1-4H3,(H,18,19). The van der Waals surface area contributed by atoms with Gasteiger partial charge in [0.25, 0.3) is 0 Å². The van der Waals surface area contributed by atoms with Gasteiger partial charge in [0.2, 0.25) is 0 Å². The number of fused-ring (bicyclic) bond motifs is 1. The first kappa shape index (κ1) is 13.6. The summed E-state index contributed by atoms with van der Waals surface area (Å²) in [7, 11) is 0. The molecule has 3 N–H and O–H groups in total. The first-order valence-electron chi connectivity index (χ1n) is 6.44. The Labute approximate surface area is 112 Å². The van der Waals surface area contributed by atoms with E-state index in [1.807, 2.05) is 32.0 Å². The molecule has 102 valence electrons. The van der Waals surface area contributed by atoms with Crippen LogP contribution in [0, 0.1) is 13.8 Å². The van der Waals surface area contributed by atoms with Crippen molar-refractivity contribution in [3.8, 4) is 0 Å². The molecule has 0 aliphatic carbocycles. The Morgan fingerprint density at radius 1 is 1.32 bits per heavy atom. The minimum absolute atomic E-state index is 0.263. The van der Waals surface area contributed by atoms with E-state index in [0.29, 0.717) is 0 Å². The van der Waals surface area contributed by atoms with Crippen LogP contribution in [0.2, 0.25) is 0 Å². The zero-order valence-electron chi connectivity index (χ0n) is 11.8. The van der Waals surface area contributed by atoms with Crippen LogP contribution in [0.4, 0.5) is 0 Å². The van der Waals surface area contributed by atoms with Gasteiger partial charge in [0.05, 0.1) is 0 Å². The van der Waals surface area contributed by atoms with Crippen LogP contribution in [-0.2, 0) is 4.79 Å². The molecule has 4 heteroatoms. The fourth-order valence-electron chi connectivity index (χ4n) is 2.86. The Morgan fingerprint density at radius 2 is 1.95 bits per heavy atom. The van der Waals surface area contributed by atoms with Gasteiger partial charge in [-0.1, -0.05) is 12.1 Å². The summed E-state index contributed by atoms with van der Waals surface area (Å²) >= 11 is 0. The quantitative estimate of drug-likeness (QED) is 0.891. The Morgan fingerprint density at radius 3 is 2.47 bits per heavy atom. The maximum atomic E-state index is 11.3. The molecular weight excluding hydrogens is 240 g/mol. The molecule has 0 amide bonds. The maximum absolute atomic E-state index is 11.3. The minimum Gasteiger partial charge on any atom is -0.480 e. The lowest BCUT2D eigenvalue weighted by Gasteiger charge is -2.13. The molecule has 19 heavy (non-hydrogen) atoms. The van der Waals surface area contributed by atoms with Crippen molar-refractivity contribution >= 4 is 16.9 Å². The van der Waals surface area contributed by atoms with E-state index in [1.165, 1.54) is 0 Å². The van der Waals surface area contributed by atoms with Gasteiger partial charge in [0.1, 0.15) is 6.04 Å². The van der Waals surface area contributed by atoms with Gasteiger partial charge in [-0.3, -0.25) is 4.79 Å². The van der Waals surface area contributed by atoms with Crippen molar-refractivity contribution in [3.05, 3.63) is 35.0 Å². The SMILES string of the molecule is Cc1cccc2c1c(C(N)C(=O)O)c(C)n2C(C)C. The van der Waals surface area contributed by atoms with Crippen molar-refractivity contribution in [3.63, 3.8) is 0 Å². The fraction of sp³-hybridized carbons (Fsp3) is 0.400. The molecule has 1 atom stereocenters. The second-order valence-electron chi connectivity index (χ2n) is 5.25. The fourth-order valence-corrected chi connectivity index (χ4v) is 2.86. The second kappa shape index (κ2) is 4.70. The Bertz CT molecular complexity index is 641. The van der Waals surface area contributed by atoms with Gasteiger partial charge in [0.15, 0.2) is 0 Å². The van der Waals surface area contributed by atoms with Gasteiger partial charge in [0, 0.05) is 28.2 Å². The van der Waals surface area contributed by atoms with Crippen molar-refractivity contribution in [1.82, 2.24) is 4.57 Å². The zero-order valence-corrected chi connectivity index (χ0v) is 11.8. The largest absolute Gasteiger partial charge is 0.480 e. The monoisotopic (exact) mass is 260 g/mol. The van der Waals surface area contributed by atoms with Gasteiger partial charge >= 0.3 is 5.97 Å². The molecule has 0 bridgehead atoms. The van der Waals surface area contributed by atoms with E-state index in [-0.39, 0.29) is 6.04 Å². The molecule has 0 radical (unpaired) electrons. The molecule has 0 spiro atoms. The highest BCUT2D eigenvalue weighted by Crippen LogP contribution is 2.34. The minimum atomic E-state index is -0.992. The van der Waals surface area contributed by atoms with E-state index in [4.69, 9.17) is 5.73 Å². The average Bonchev–Trinajstić information content (AvgIpc) is 2.61. The molecule has 1 heterocycles. The van der Waals surface area contributed by atoms with E-state index in [1.54, 1.807) is 0 Å². The number of nitrogens with zero attached hydrogens (tertiary/aromatic N) is 1. The van der Waals surface area contributed by atoms with Crippen LogP contribution in [0.15, 0.2) is 18.2 Å². The molecule has 1 unspecified atom stereocenters. The summed E-state index contributed by atoms with van der Waals surface area (Å²) in [5, 5.41) is 10.2. The summed E-state index contributed by atoms with van der Waals surface area (Å²) in [5.41, 5.74) is 9.66. The molecule has 2 rings (SSSR count). The summed E-state index contributed by atoms with van der Waals surface area (Å²) in [5.74, 6) is -0.992. The number of hydrogen-bond donors (Lipinski definition) is 2. The van der Waals surface area contributed by atoms with Crippen molar-refractivity contribution in [2.45, 2.75) is 39.8 Å². The average molecular weight is 260 g/mol. The summed E-state index contributed by atoms with van der Waals surface area (Å²) in [6, 6.07) is 5.28. The number of carboxylic acid groups (broad SMARTS) is 1. The highest BCUT2D eigenvalue weighted by Gasteiger charge is 2.25. The van der Waals surface area contributed by atoms with Gasteiger partial charge < -0.3 is 15.4 Å². The van der Waals surface area contributed by atoms with Crippen molar-refractivity contribution in [1.29, 1.82) is 0 Å². The van der Waals surface area contributed by atoms with Crippen LogP contribution in [0.3, 0.4) is 0 Å².